The van der Waals surface area contributed by atoms with Crippen LogP contribution in [0, 0.1) is 0 Å². The van der Waals surface area contributed by atoms with Crippen molar-refractivity contribution in [3.05, 3.63) is 70.8 Å². The van der Waals surface area contributed by atoms with Gasteiger partial charge < -0.3 is 30.0 Å². The second-order valence-electron chi connectivity index (χ2n) is 8.83. The summed E-state index contributed by atoms with van der Waals surface area (Å²) in [4.78, 5) is 49.2. The average Bonchev–Trinajstić information content (AvgIpc) is 2.84. The van der Waals surface area contributed by atoms with Gasteiger partial charge in [-0.1, -0.05) is 48.5 Å². The molecular weight excluding hydrogens is 621 g/mol. The summed E-state index contributed by atoms with van der Waals surface area (Å²) in [5.41, 5.74) is -1.78. The standard InChI is InChI=1S/C28H12O8.4K/c29-25(30)21-11-5-1-9-2-6-12-18-15(9)17(11)19-13(22(21)26(31)32)7-3-10-4-8-14(20(18)16(10)19)24(28(35)36)23(12)27(33)34;;;;/h1-8H,(H,29,30)(H,31,32)(H,33,34)(H,35,36);;;;/q;4*+1/p-2. The Kier molecular flexibility index (Phi) is 11.6. The number of aromatic carboxylic acids is 4. The Morgan fingerprint density at radius 1 is 0.425 bits per heavy atom. The molecule has 0 aliphatic heterocycles. The Bertz CT molecular complexity index is 1870. The quantitative estimate of drug-likeness (QED) is 0.110. The molecule has 0 fully saturated rings. The van der Waals surface area contributed by atoms with E-state index in [4.69, 9.17) is 0 Å². The molecule has 0 saturated heterocycles. The Labute approximate surface area is 394 Å². The maximum atomic E-state index is 12.3. The summed E-state index contributed by atoms with van der Waals surface area (Å²) in [7, 11) is 0. The third kappa shape index (κ3) is 4.83. The molecule has 7 aromatic rings. The van der Waals surface area contributed by atoms with Crippen molar-refractivity contribution >= 4 is 88.5 Å². The first-order valence-electron chi connectivity index (χ1n) is 10.8. The molecule has 8 nitrogen and oxygen atoms in total. The van der Waals surface area contributed by atoms with Gasteiger partial charge in [0.05, 0.1) is 23.1 Å². The van der Waals surface area contributed by atoms with Crippen LogP contribution in [-0.2, 0) is 0 Å². The van der Waals surface area contributed by atoms with Crippen LogP contribution in [0.1, 0.15) is 41.4 Å². The van der Waals surface area contributed by atoms with Gasteiger partial charge in [0.1, 0.15) is 0 Å². The number of carbonyl (C=O) groups excluding carboxylic acids is 2. The maximum Gasteiger partial charge on any atom is 1.00 e. The predicted molar refractivity (Wildman–Crippen MR) is 128 cm³/mol. The fourth-order valence-corrected chi connectivity index (χ4v) is 6.12. The number of carboxylic acid groups (broad SMARTS) is 4. The molecule has 0 radical (unpaired) electrons. The second kappa shape index (κ2) is 13.0. The van der Waals surface area contributed by atoms with Gasteiger partial charge in [0.2, 0.25) is 0 Å². The first-order chi connectivity index (χ1) is 17.2. The van der Waals surface area contributed by atoms with E-state index in [9.17, 15) is 39.6 Å². The van der Waals surface area contributed by atoms with Gasteiger partial charge in [-0.3, -0.25) is 0 Å². The molecule has 0 heterocycles. The van der Waals surface area contributed by atoms with Crippen molar-refractivity contribution in [3.63, 3.8) is 0 Å². The Hall–Kier alpha value is 1.31. The molecule has 7 aromatic carbocycles. The van der Waals surface area contributed by atoms with Crippen molar-refractivity contribution in [1.82, 2.24) is 0 Å². The van der Waals surface area contributed by atoms with Crippen LogP contribution in [0.3, 0.4) is 0 Å². The SMILES string of the molecule is O=C([O-])c1c(C(=O)O)c2ccc3ccc4c(C(=O)O)c(C(=O)[O-])c5ccc6ccc1c1c6c5c4c3c21.[K+].[K+].[K+].[K+]. The number of carbonyl (C=O) groups is 4. The Balaban J connectivity index is 0.00000110. The molecule has 0 aliphatic carbocycles. The molecule has 0 unspecified atom stereocenters. The molecule has 0 amide bonds. The van der Waals surface area contributed by atoms with E-state index in [-0.39, 0.29) is 227 Å². The van der Waals surface area contributed by atoms with Crippen LogP contribution >= 0.6 is 0 Å². The second-order valence-corrected chi connectivity index (χ2v) is 8.83. The van der Waals surface area contributed by atoms with Crippen molar-refractivity contribution < 1.29 is 245 Å². The van der Waals surface area contributed by atoms with Crippen LogP contribution in [0.4, 0.5) is 0 Å². The van der Waals surface area contributed by atoms with E-state index >= 15 is 0 Å². The van der Waals surface area contributed by atoms with E-state index in [0.717, 1.165) is 0 Å². The van der Waals surface area contributed by atoms with E-state index in [2.05, 4.69) is 0 Å². The number of rotatable bonds is 4. The monoisotopic (exact) mass is 630 g/mol. The topological polar surface area (TPSA) is 155 Å². The fourth-order valence-electron chi connectivity index (χ4n) is 6.12. The first kappa shape index (κ1) is 35.8. The maximum absolute atomic E-state index is 12.3. The summed E-state index contributed by atoms with van der Waals surface area (Å²) in [6.45, 7) is 0. The van der Waals surface area contributed by atoms with Gasteiger partial charge in [-0.25, -0.2) is 9.59 Å². The summed E-state index contributed by atoms with van der Waals surface area (Å²) >= 11 is 0. The summed E-state index contributed by atoms with van der Waals surface area (Å²) in [6.07, 6.45) is 0. The minimum Gasteiger partial charge on any atom is -0.545 e. The summed E-state index contributed by atoms with van der Waals surface area (Å²) in [5, 5.41) is 49.4. The minimum atomic E-state index is -1.65. The van der Waals surface area contributed by atoms with Gasteiger partial charge in [-0.2, -0.15) is 0 Å². The van der Waals surface area contributed by atoms with Crippen LogP contribution < -0.4 is 216 Å². The Morgan fingerprint density at radius 3 is 0.900 bits per heavy atom. The van der Waals surface area contributed by atoms with Crippen molar-refractivity contribution in [1.29, 1.82) is 0 Å². The Morgan fingerprint density at radius 2 is 0.675 bits per heavy atom. The molecule has 12 heteroatoms. The van der Waals surface area contributed by atoms with Crippen LogP contribution in [0.25, 0.3) is 64.6 Å². The minimum absolute atomic E-state index is 0. The summed E-state index contributed by atoms with van der Waals surface area (Å²) < 4.78 is 0. The van der Waals surface area contributed by atoms with Crippen LogP contribution in [0.5, 0.6) is 0 Å². The zero-order valence-electron chi connectivity index (χ0n) is 22.0. The molecule has 7 rings (SSSR count). The average molecular weight is 631 g/mol. The van der Waals surface area contributed by atoms with E-state index in [0.29, 0.717) is 43.1 Å². The van der Waals surface area contributed by atoms with Gasteiger partial charge in [0.15, 0.2) is 0 Å². The van der Waals surface area contributed by atoms with E-state index in [1.165, 1.54) is 24.3 Å². The van der Waals surface area contributed by atoms with Crippen molar-refractivity contribution in [2.75, 3.05) is 0 Å². The van der Waals surface area contributed by atoms with Crippen LogP contribution in [0.2, 0.25) is 0 Å². The number of benzene rings is 7. The molecule has 0 saturated carbocycles. The van der Waals surface area contributed by atoms with Gasteiger partial charge in [-0.05, 0) is 64.6 Å². The summed E-state index contributed by atoms with van der Waals surface area (Å²) in [5.74, 6) is -6.18. The van der Waals surface area contributed by atoms with E-state index < -0.39 is 46.1 Å². The van der Waals surface area contributed by atoms with Gasteiger partial charge in [0, 0.05) is 11.1 Å². The number of hydrogen-bond acceptors (Lipinski definition) is 6. The van der Waals surface area contributed by atoms with Gasteiger partial charge >= 0.3 is 217 Å². The molecule has 172 valence electrons. The molecule has 0 aliphatic rings. The molecule has 0 atom stereocenters. The molecule has 40 heavy (non-hydrogen) atoms. The van der Waals surface area contributed by atoms with Crippen molar-refractivity contribution in [2.45, 2.75) is 0 Å². The first-order valence-corrected chi connectivity index (χ1v) is 10.8. The van der Waals surface area contributed by atoms with Crippen LogP contribution in [0.15, 0.2) is 48.5 Å². The van der Waals surface area contributed by atoms with E-state index in [1.807, 2.05) is 0 Å². The third-order valence-corrected chi connectivity index (χ3v) is 7.29. The third-order valence-electron chi connectivity index (χ3n) is 7.29. The van der Waals surface area contributed by atoms with Crippen molar-refractivity contribution in [3.8, 4) is 0 Å². The fraction of sp³-hybridized carbons (Fsp3) is 0. The number of hydrogen-bond donors (Lipinski definition) is 2. The molecular formula is C28H10K4O8+2. The zero-order chi connectivity index (χ0) is 25.2. The molecule has 0 aromatic heterocycles. The number of carboxylic acids is 4. The molecule has 0 bridgehead atoms. The van der Waals surface area contributed by atoms with Gasteiger partial charge in [-0.15, -0.1) is 0 Å². The predicted octanol–water partition coefficient (Wildman–Crippen LogP) is -8.94. The smallest absolute Gasteiger partial charge is 0.545 e. The largest absolute Gasteiger partial charge is 1.00 e. The zero-order valence-corrected chi connectivity index (χ0v) is 34.5. The summed E-state index contributed by atoms with van der Waals surface area (Å²) in [6, 6.07) is 12.7. The van der Waals surface area contributed by atoms with Crippen LogP contribution in [-0.4, -0.2) is 34.1 Å². The normalized spacial score (nSPS) is 11.0. The van der Waals surface area contributed by atoms with Crippen molar-refractivity contribution in [2.24, 2.45) is 0 Å². The van der Waals surface area contributed by atoms with Gasteiger partial charge in [0.25, 0.3) is 0 Å². The molecule has 0 spiro atoms. The van der Waals surface area contributed by atoms with E-state index in [1.54, 1.807) is 24.3 Å². The molecule has 2 N–H and O–H groups in total.